The highest BCUT2D eigenvalue weighted by Gasteiger charge is 2.29. The normalized spacial score (nSPS) is 15.2. The second-order valence-corrected chi connectivity index (χ2v) is 7.02. The molecule has 6 heteroatoms. The van der Waals surface area contributed by atoms with Crippen molar-refractivity contribution in [3.8, 4) is 0 Å². The number of carbonyl (C=O) groups is 2. The van der Waals surface area contributed by atoms with Gasteiger partial charge >= 0.3 is 0 Å². The molecule has 6 nitrogen and oxygen atoms in total. The molecule has 3 aromatic rings. The molecule has 0 bridgehead atoms. The molecule has 2 amide bonds. The molecule has 1 saturated heterocycles. The molecule has 0 atom stereocenters. The van der Waals surface area contributed by atoms with Gasteiger partial charge in [0.1, 0.15) is 11.3 Å². The highest BCUT2D eigenvalue weighted by molar-refractivity contribution is 5.96. The van der Waals surface area contributed by atoms with Gasteiger partial charge in [0.25, 0.3) is 5.91 Å². The van der Waals surface area contributed by atoms with Crippen LogP contribution in [0.1, 0.15) is 34.7 Å². The number of nitrogens with zero attached hydrogens (tertiary/aromatic N) is 1. The first-order valence-corrected chi connectivity index (χ1v) is 9.20. The van der Waals surface area contributed by atoms with E-state index in [0.717, 1.165) is 22.3 Å². The van der Waals surface area contributed by atoms with Crippen molar-refractivity contribution in [2.75, 3.05) is 13.1 Å². The first-order chi connectivity index (χ1) is 13.1. The summed E-state index contributed by atoms with van der Waals surface area (Å²) in [5.41, 5.74) is 1.85. The molecule has 0 spiro atoms. The molecule has 1 N–H and O–H groups in total. The summed E-state index contributed by atoms with van der Waals surface area (Å²) in [6.45, 7) is 3.50. The van der Waals surface area contributed by atoms with Crippen molar-refractivity contribution in [3.63, 3.8) is 0 Å². The fourth-order valence-electron chi connectivity index (χ4n) is 3.50. The second kappa shape index (κ2) is 7.31. The minimum Gasteiger partial charge on any atom is -0.467 e. The van der Waals surface area contributed by atoms with Crippen molar-refractivity contribution in [1.82, 2.24) is 10.2 Å². The lowest BCUT2D eigenvalue weighted by atomic mass is 9.95. The molecule has 1 fully saturated rings. The third-order valence-corrected chi connectivity index (χ3v) is 5.05. The Balaban J connectivity index is 1.33. The van der Waals surface area contributed by atoms with Crippen LogP contribution in [0.3, 0.4) is 0 Å². The minimum atomic E-state index is -0.113. The van der Waals surface area contributed by atoms with Gasteiger partial charge in [0.05, 0.1) is 12.8 Å². The van der Waals surface area contributed by atoms with Gasteiger partial charge in [-0.15, -0.1) is 0 Å². The molecular weight excluding hydrogens is 344 g/mol. The zero-order valence-electron chi connectivity index (χ0n) is 15.2. The number of benzene rings is 1. The average Bonchev–Trinajstić information content (AvgIpc) is 3.35. The topological polar surface area (TPSA) is 75.7 Å². The van der Waals surface area contributed by atoms with Crippen LogP contribution in [-0.2, 0) is 11.3 Å². The highest BCUT2D eigenvalue weighted by Crippen LogP contribution is 2.24. The number of amides is 2. The molecule has 140 valence electrons. The van der Waals surface area contributed by atoms with Crippen LogP contribution >= 0.6 is 0 Å². The van der Waals surface area contributed by atoms with E-state index in [1.54, 1.807) is 23.3 Å². The zero-order chi connectivity index (χ0) is 18.8. The third-order valence-electron chi connectivity index (χ3n) is 5.05. The van der Waals surface area contributed by atoms with Gasteiger partial charge in [-0.3, -0.25) is 9.59 Å². The Morgan fingerprint density at radius 2 is 2.00 bits per heavy atom. The smallest absolute Gasteiger partial charge is 0.289 e. The van der Waals surface area contributed by atoms with Crippen LogP contribution in [-0.4, -0.2) is 29.8 Å². The van der Waals surface area contributed by atoms with Gasteiger partial charge < -0.3 is 19.1 Å². The second-order valence-electron chi connectivity index (χ2n) is 7.02. The van der Waals surface area contributed by atoms with E-state index in [-0.39, 0.29) is 17.7 Å². The summed E-state index contributed by atoms with van der Waals surface area (Å²) in [6, 6.07) is 11.3. The largest absolute Gasteiger partial charge is 0.467 e. The standard InChI is InChI=1S/C21H22N2O4/c1-14-4-5-18-16(11-14)12-19(27-18)21(25)23-8-6-15(7-9-23)20(24)22-13-17-3-2-10-26-17/h2-5,10-12,15H,6-9,13H2,1H3,(H,22,24). The van der Waals surface area contributed by atoms with Crippen molar-refractivity contribution in [3.05, 3.63) is 59.7 Å². The van der Waals surface area contributed by atoms with Gasteiger partial charge in [0.2, 0.25) is 5.91 Å². The van der Waals surface area contributed by atoms with E-state index in [1.165, 1.54) is 0 Å². The molecule has 0 aliphatic carbocycles. The molecule has 1 aromatic carbocycles. The Bertz CT molecular complexity index is 950. The van der Waals surface area contributed by atoms with Gasteiger partial charge in [-0.1, -0.05) is 11.6 Å². The number of nitrogens with one attached hydrogen (secondary N) is 1. The van der Waals surface area contributed by atoms with Crippen LogP contribution in [0, 0.1) is 12.8 Å². The number of furan rings is 2. The first kappa shape index (κ1) is 17.4. The third kappa shape index (κ3) is 3.74. The number of rotatable bonds is 4. The molecule has 2 aromatic heterocycles. The number of hydrogen-bond acceptors (Lipinski definition) is 4. The number of carbonyl (C=O) groups excluding carboxylic acids is 2. The molecule has 27 heavy (non-hydrogen) atoms. The van der Waals surface area contributed by atoms with Crippen molar-refractivity contribution < 1.29 is 18.4 Å². The molecular formula is C21H22N2O4. The molecule has 0 radical (unpaired) electrons. The lowest BCUT2D eigenvalue weighted by Crippen LogP contribution is -2.42. The van der Waals surface area contributed by atoms with Crippen molar-refractivity contribution >= 4 is 22.8 Å². The average molecular weight is 366 g/mol. The van der Waals surface area contributed by atoms with Gasteiger partial charge in [-0.05, 0) is 50.1 Å². The lowest BCUT2D eigenvalue weighted by Gasteiger charge is -2.30. The van der Waals surface area contributed by atoms with E-state index < -0.39 is 0 Å². The number of likely N-dealkylation sites (tertiary alicyclic amines) is 1. The van der Waals surface area contributed by atoms with Gasteiger partial charge in [0, 0.05) is 24.4 Å². The number of hydrogen-bond donors (Lipinski definition) is 1. The van der Waals surface area contributed by atoms with E-state index >= 15 is 0 Å². The van der Waals surface area contributed by atoms with Crippen LogP contribution < -0.4 is 5.32 Å². The van der Waals surface area contributed by atoms with Crippen LogP contribution in [0.15, 0.2) is 51.5 Å². The Labute approximate surface area is 157 Å². The summed E-state index contributed by atoms with van der Waals surface area (Å²) in [5.74, 6) is 0.908. The Morgan fingerprint density at radius 3 is 2.74 bits per heavy atom. The van der Waals surface area contributed by atoms with E-state index in [1.807, 2.05) is 31.2 Å². The monoisotopic (exact) mass is 366 g/mol. The van der Waals surface area contributed by atoms with Gasteiger partial charge in [-0.25, -0.2) is 0 Å². The molecule has 1 aliphatic heterocycles. The predicted molar refractivity (Wildman–Crippen MR) is 100 cm³/mol. The summed E-state index contributed by atoms with van der Waals surface area (Å²) in [6.07, 6.45) is 2.88. The molecule has 0 saturated carbocycles. The maximum atomic E-state index is 12.7. The predicted octanol–water partition coefficient (Wildman–Crippen LogP) is 3.50. The van der Waals surface area contributed by atoms with E-state index in [9.17, 15) is 9.59 Å². The Morgan fingerprint density at radius 1 is 1.19 bits per heavy atom. The Hall–Kier alpha value is -3.02. The fraction of sp³-hybridized carbons (Fsp3) is 0.333. The number of aryl methyl sites for hydroxylation is 1. The van der Waals surface area contributed by atoms with Crippen LogP contribution in [0.5, 0.6) is 0 Å². The maximum absolute atomic E-state index is 12.7. The van der Waals surface area contributed by atoms with Crippen LogP contribution in [0.2, 0.25) is 0 Å². The van der Waals surface area contributed by atoms with E-state index in [2.05, 4.69) is 5.32 Å². The summed E-state index contributed by atoms with van der Waals surface area (Å²) in [4.78, 5) is 26.8. The van der Waals surface area contributed by atoms with Gasteiger partial charge in [-0.2, -0.15) is 0 Å². The van der Waals surface area contributed by atoms with Crippen molar-refractivity contribution in [2.24, 2.45) is 5.92 Å². The minimum absolute atomic E-state index is 0.0118. The summed E-state index contributed by atoms with van der Waals surface area (Å²) < 4.78 is 10.9. The SMILES string of the molecule is Cc1ccc2oc(C(=O)N3CCC(C(=O)NCc4ccco4)CC3)cc2c1. The molecule has 1 aliphatic rings. The van der Waals surface area contributed by atoms with Crippen molar-refractivity contribution in [2.45, 2.75) is 26.3 Å². The maximum Gasteiger partial charge on any atom is 0.289 e. The molecule has 4 rings (SSSR count). The number of piperidine rings is 1. The van der Waals surface area contributed by atoms with E-state index in [4.69, 9.17) is 8.83 Å². The zero-order valence-corrected chi connectivity index (χ0v) is 15.2. The quantitative estimate of drug-likeness (QED) is 0.767. The van der Waals surface area contributed by atoms with Crippen LogP contribution in [0.4, 0.5) is 0 Å². The Kier molecular flexibility index (Phi) is 4.71. The fourth-order valence-corrected chi connectivity index (χ4v) is 3.50. The highest BCUT2D eigenvalue weighted by atomic mass is 16.3. The van der Waals surface area contributed by atoms with Crippen molar-refractivity contribution in [1.29, 1.82) is 0 Å². The number of fused-ring (bicyclic) bond motifs is 1. The van der Waals surface area contributed by atoms with E-state index in [0.29, 0.717) is 38.2 Å². The molecule has 3 heterocycles. The molecule has 0 unspecified atom stereocenters. The van der Waals surface area contributed by atoms with Gasteiger partial charge in [0.15, 0.2) is 5.76 Å². The lowest BCUT2D eigenvalue weighted by molar-refractivity contribution is -0.126. The summed E-state index contributed by atoms with van der Waals surface area (Å²) >= 11 is 0. The summed E-state index contributed by atoms with van der Waals surface area (Å²) in [7, 11) is 0. The van der Waals surface area contributed by atoms with Crippen LogP contribution in [0.25, 0.3) is 11.0 Å². The summed E-state index contributed by atoms with van der Waals surface area (Å²) in [5, 5.41) is 3.83. The first-order valence-electron chi connectivity index (χ1n) is 9.20.